The molecule has 4 fully saturated rings. The number of hydrogen-bond donors (Lipinski definition) is 0. The summed E-state index contributed by atoms with van der Waals surface area (Å²) in [6, 6.07) is 40.1. The number of anilines is 2. The Bertz CT molecular complexity index is 2510. The number of fused-ring (bicyclic) bond motifs is 5. The number of carbonyl (C=O) groups is 4. The highest BCUT2D eigenvalue weighted by Gasteiger charge is 2.74. The molecule has 4 saturated heterocycles. The normalized spacial score (nSPS) is 23.6. The number of hydrogen-bond acceptors (Lipinski definition) is 8. The first-order valence-corrected chi connectivity index (χ1v) is 20.3. The first kappa shape index (κ1) is 37.9. The number of para-hydroxylation sites is 2. The van der Waals surface area contributed by atoms with Crippen LogP contribution in [0.5, 0.6) is 11.5 Å². The third-order valence-corrected chi connectivity index (χ3v) is 12.8. The molecule has 6 aromatic carbocycles. The van der Waals surface area contributed by atoms with Gasteiger partial charge < -0.3 is 9.47 Å². The van der Waals surface area contributed by atoms with E-state index >= 15 is 19.2 Å². The van der Waals surface area contributed by atoms with Crippen LogP contribution in [0.3, 0.4) is 0 Å². The summed E-state index contributed by atoms with van der Waals surface area (Å²) < 4.78 is 11.8. The number of methoxy groups -OCH3 is 2. The monoisotopic (exact) mass is 834 g/mol. The zero-order valence-corrected chi connectivity index (χ0v) is 33.8. The van der Waals surface area contributed by atoms with Crippen molar-refractivity contribution in [2.24, 2.45) is 11.8 Å². The average Bonchev–Trinajstić information content (AvgIpc) is 3.95. The average molecular weight is 836 g/mol. The van der Waals surface area contributed by atoms with Gasteiger partial charge in [0.15, 0.2) is 0 Å². The molecule has 4 aliphatic heterocycles. The zero-order chi connectivity index (χ0) is 41.4. The van der Waals surface area contributed by atoms with Crippen LogP contribution in [0, 0.1) is 11.8 Å². The summed E-state index contributed by atoms with van der Waals surface area (Å²) in [6.45, 7) is 0. The maximum Gasteiger partial charge on any atom is 0.253 e. The van der Waals surface area contributed by atoms with Crippen molar-refractivity contribution >= 4 is 58.2 Å². The van der Waals surface area contributed by atoms with Gasteiger partial charge in [-0.3, -0.25) is 19.2 Å². The molecule has 60 heavy (non-hydrogen) atoms. The number of rotatable bonds is 8. The summed E-state index contributed by atoms with van der Waals surface area (Å²) in [7, 11) is 3.09. The van der Waals surface area contributed by atoms with Gasteiger partial charge in [-0.15, -0.1) is 0 Å². The molecule has 298 valence electrons. The number of nitrogens with zero attached hydrogens (tertiary/aromatic N) is 4. The Morgan fingerprint density at radius 2 is 0.717 bits per heavy atom. The maximum absolute atomic E-state index is 15.1. The van der Waals surface area contributed by atoms with Gasteiger partial charge in [0.2, 0.25) is 11.8 Å². The fraction of sp³-hybridized carbons (Fsp3) is 0.167. The topological polar surface area (TPSA) is 99.7 Å². The van der Waals surface area contributed by atoms with Crippen LogP contribution in [0.4, 0.5) is 11.4 Å². The lowest BCUT2D eigenvalue weighted by atomic mass is 9.83. The molecule has 0 saturated carbocycles. The van der Waals surface area contributed by atoms with Gasteiger partial charge in [-0.05, 0) is 82.9 Å². The molecule has 0 spiro atoms. The minimum atomic E-state index is -1.07. The van der Waals surface area contributed by atoms with E-state index in [2.05, 4.69) is 0 Å². The van der Waals surface area contributed by atoms with Crippen molar-refractivity contribution in [3.05, 3.63) is 167 Å². The van der Waals surface area contributed by atoms with Crippen molar-refractivity contribution in [3.8, 4) is 33.8 Å². The van der Waals surface area contributed by atoms with Crippen LogP contribution in [0.2, 0.25) is 10.0 Å². The lowest BCUT2D eigenvalue weighted by molar-refractivity contribution is -0.136. The summed E-state index contributed by atoms with van der Waals surface area (Å²) in [5.41, 5.74) is 5.69. The molecule has 0 aliphatic carbocycles. The molecular weight excluding hydrogens is 799 g/mol. The van der Waals surface area contributed by atoms with E-state index in [-0.39, 0.29) is 0 Å². The van der Waals surface area contributed by atoms with E-state index in [1.54, 1.807) is 74.9 Å². The molecule has 6 unspecified atom stereocenters. The van der Waals surface area contributed by atoms with Gasteiger partial charge in [-0.2, -0.15) is 0 Å². The van der Waals surface area contributed by atoms with Crippen LogP contribution in [0.1, 0.15) is 23.2 Å². The lowest BCUT2D eigenvalue weighted by Gasteiger charge is -2.36. The molecular formula is C48H36Cl2N4O6. The van der Waals surface area contributed by atoms with Gasteiger partial charge in [0.1, 0.15) is 23.6 Å². The molecule has 10 rings (SSSR count). The van der Waals surface area contributed by atoms with Gasteiger partial charge in [-0.25, -0.2) is 19.8 Å². The van der Waals surface area contributed by atoms with E-state index in [1.165, 1.54) is 9.80 Å². The van der Waals surface area contributed by atoms with Crippen LogP contribution >= 0.6 is 23.2 Å². The van der Waals surface area contributed by atoms with E-state index in [1.807, 2.05) is 94.9 Å². The van der Waals surface area contributed by atoms with Crippen LogP contribution in [0.25, 0.3) is 22.3 Å². The van der Waals surface area contributed by atoms with E-state index in [0.717, 1.165) is 22.3 Å². The van der Waals surface area contributed by atoms with Crippen molar-refractivity contribution in [2.45, 2.75) is 24.2 Å². The number of carbonyl (C=O) groups excluding carboxylic acids is 4. The van der Waals surface area contributed by atoms with Crippen LogP contribution in [-0.2, 0) is 19.2 Å². The van der Waals surface area contributed by atoms with Crippen molar-refractivity contribution in [1.29, 1.82) is 0 Å². The Hall–Kier alpha value is -6.30. The van der Waals surface area contributed by atoms with Gasteiger partial charge in [0.25, 0.3) is 11.8 Å². The van der Waals surface area contributed by atoms with E-state index in [4.69, 9.17) is 32.7 Å². The molecule has 0 radical (unpaired) electrons. The second-order valence-corrected chi connectivity index (χ2v) is 16.1. The Morgan fingerprint density at radius 3 is 1.05 bits per heavy atom. The quantitative estimate of drug-likeness (QED) is 0.141. The number of hydrazine groups is 1. The fourth-order valence-electron chi connectivity index (χ4n) is 9.67. The minimum absolute atomic E-state index is 0.413. The van der Waals surface area contributed by atoms with Crippen molar-refractivity contribution < 1.29 is 28.7 Å². The number of halogens is 2. The minimum Gasteiger partial charge on any atom is -0.496 e. The highest BCUT2D eigenvalue weighted by molar-refractivity contribution is 6.31. The lowest BCUT2D eigenvalue weighted by Crippen LogP contribution is -2.50. The van der Waals surface area contributed by atoms with Crippen molar-refractivity contribution in [1.82, 2.24) is 10.0 Å². The second kappa shape index (κ2) is 14.8. The summed E-state index contributed by atoms with van der Waals surface area (Å²) in [5.74, 6) is -2.73. The fourth-order valence-corrected chi connectivity index (χ4v) is 9.92. The molecule has 4 amide bonds. The summed E-state index contributed by atoms with van der Waals surface area (Å²) >= 11 is 12.3. The Kier molecular flexibility index (Phi) is 9.33. The first-order chi connectivity index (χ1) is 29.2. The Labute approximate surface area is 356 Å². The molecule has 0 aromatic heterocycles. The van der Waals surface area contributed by atoms with Crippen LogP contribution < -0.4 is 19.3 Å². The standard InChI is InChI=1S/C48H36Cl2N4O6/c1-59-37-9-5-3-7-35(37)41-39-43(47(57)51(45(39)55)33-23-15-29(16-24-33)27-11-19-31(49)20-12-27)54-42(36-8-4-6-10-38(36)60-2)40-44(53(41)54)48(58)52(46(40)56)34-25-17-30(18-26-34)28-13-21-32(50)22-14-28/h3-26,39-44H,1-2H3. The maximum atomic E-state index is 15.1. The largest absolute Gasteiger partial charge is 0.496 e. The predicted octanol–water partition coefficient (Wildman–Crippen LogP) is 8.79. The molecule has 0 N–H and O–H groups in total. The predicted molar refractivity (Wildman–Crippen MR) is 228 cm³/mol. The third-order valence-electron chi connectivity index (χ3n) is 12.2. The third kappa shape index (κ3) is 5.77. The molecule has 4 heterocycles. The second-order valence-electron chi connectivity index (χ2n) is 15.2. The van der Waals surface area contributed by atoms with E-state index < -0.39 is 59.6 Å². The SMILES string of the molecule is COc1ccccc1C1C2C(=O)N(c3ccc(-c4ccc(Cl)cc4)cc3)C(=O)C2N2C(c3ccccc3OC)C3C(=O)N(c4ccc(-c5ccc(Cl)cc5)cc4)C(=O)C3N12. The Morgan fingerprint density at radius 1 is 0.400 bits per heavy atom. The number of ether oxygens (including phenoxy) is 2. The summed E-state index contributed by atoms with van der Waals surface area (Å²) in [5, 5.41) is 4.89. The smallest absolute Gasteiger partial charge is 0.253 e. The van der Waals surface area contributed by atoms with Gasteiger partial charge in [0, 0.05) is 21.2 Å². The Balaban J connectivity index is 1.10. The summed E-state index contributed by atoms with van der Waals surface area (Å²) in [4.78, 5) is 62.8. The highest BCUT2D eigenvalue weighted by atomic mass is 35.5. The van der Waals surface area contributed by atoms with Gasteiger partial charge >= 0.3 is 0 Å². The van der Waals surface area contributed by atoms with Gasteiger partial charge in [0.05, 0.1) is 49.5 Å². The van der Waals surface area contributed by atoms with Crippen molar-refractivity contribution in [2.75, 3.05) is 24.0 Å². The molecule has 12 heteroatoms. The van der Waals surface area contributed by atoms with Gasteiger partial charge in [-0.1, -0.05) is 108 Å². The molecule has 0 bridgehead atoms. The number of imide groups is 2. The molecule has 10 nitrogen and oxygen atoms in total. The molecule has 6 atom stereocenters. The molecule has 4 aliphatic rings. The number of benzene rings is 6. The van der Waals surface area contributed by atoms with E-state index in [9.17, 15) is 0 Å². The summed E-state index contributed by atoms with van der Waals surface area (Å²) in [6.07, 6.45) is 0. The highest BCUT2D eigenvalue weighted by Crippen LogP contribution is 2.61. The number of amides is 4. The zero-order valence-electron chi connectivity index (χ0n) is 32.3. The van der Waals surface area contributed by atoms with Crippen molar-refractivity contribution in [3.63, 3.8) is 0 Å². The van der Waals surface area contributed by atoms with Crippen LogP contribution in [0.15, 0.2) is 146 Å². The van der Waals surface area contributed by atoms with Crippen LogP contribution in [-0.4, -0.2) is 59.9 Å². The molecule has 6 aromatic rings. The van der Waals surface area contributed by atoms with E-state index in [0.29, 0.717) is 44.0 Å². The first-order valence-electron chi connectivity index (χ1n) is 19.5.